The smallest absolute Gasteiger partial charge is 0.252 e. The maximum Gasteiger partial charge on any atom is 0.252 e. The molecule has 0 aliphatic heterocycles. The Morgan fingerprint density at radius 3 is 2.58 bits per heavy atom. The number of nitrogens with zero attached hydrogens (tertiary/aromatic N) is 2. The van der Waals surface area contributed by atoms with Gasteiger partial charge in [0, 0.05) is 18.8 Å². The van der Waals surface area contributed by atoms with Crippen LogP contribution in [0.5, 0.6) is 11.5 Å². The molecule has 1 heterocycles. The topological polar surface area (TPSA) is 96.2 Å². The SMILES string of the molecule is Cc1nn(C)c(C)c1Oc1cc(N)ccc1C(N)=O. The number of carbonyl (C=O) groups excluding carboxylic acids is 1. The van der Waals surface area contributed by atoms with Crippen LogP contribution >= 0.6 is 0 Å². The standard InChI is InChI=1S/C13H16N4O2/c1-7-12(8(2)17(3)16-7)19-11-6-9(14)4-5-10(11)13(15)18/h4-6H,14H2,1-3H3,(H2,15,18). The normalized spacial score (nSPS) is 10.5. The zero-order valence-electron chi connectivity index (χ0n) is 11.1. The van der Waals surface area contributed by atoms with Crippen molar-refractivity contribution >= 4 is 11.6 Å². The summed E-state index contributed by atoms with van der Waals surface area (Å²) in [7, 11) is 1.82. The zero-order chi connectivity index (χ0) is 14.2. The number of nitrogens with two attached hydrogens (primary N) is 2. The molecule has 1 amide bonds. The van der Waals surface area contributed by atoms with E-state index in [1.165, 1.54) is 0 Å². The monoisotopic (exact) mass is 260 g/mol. The molecule has 1 aromatic heterocycles. The molecule has 0 spiro atoms. The van der Waals surface area contributed by atoms with Crippen LogP contribution < -0.4 is 16.2 Å². The first-order valence-electron chi connectivity index (χ1n) is 5.77. The van der Waals surface area contributed by atoms with E-state index in [-0.39, 0.29) is 5.56 Å². The van der Waals surface area contributed by atoms with E-state index in [1.54, 1.807) is 22.9 Å². The summed E-state index contributed by atoms with van der Waals surface area (Å²) in [5.41, 5.74) is 13.4. The van der Waals surface area contributed by atoms with E-state index in [1.807, 2.05) is 20.9 Å². The lowest BCUT2D eigenvalue weighted by Crippen LogP contribution is -2.12. The van der Waals surface area contributed by atoms with Crippen LogP contribution in [0.2, 0.25) is 0 Å². The minimum atomic E-state index is -0.561. The highest BCUT2D eigenvalue weighted by atomic mass is 16.5. The summed E-state index contributed by atoms with van der Waals surface area (Å²) < 4.78 is 7.48. The van der Waals surface area contributed by atoms with Gasteiger partial charge in [0.15, 0.2) is 5.75 Å². The summed E-state index contributed by atoms with van der Waals surface area (Å²) in [4.78, 5) is 11.4. The van der Waals surface area contributed by atoms with E-state index in [0.717, 1.165) is 11.4 Å². The molecule has 100 valence electrons. The summed E-state index contributed by atoms with van der Waals surface area (Å²) in [6.45, 7) is 3.71. The molecule has 0 atom stereocenters. The van der Waals surface area contributed by atoms with Crippen LogP contribution in [0.4, 0.5) is 5.69 Å². The third-order valence-corrected chi connectivity index (χ3v) is 2.93. The number of anilines is 1. The second-order valence-electron chi connectivity index (χ2n) is 4.35. The number of ether oxygens (including phenoxy) is 1. The molecule has 0 unspecified atom stereocenters. The van der Waals surface area contributed by atoms with E-state index in [0.29, 0.717) is 17.2 Å². The van der Waals surface area contributed by atoms with Crippen molar-refractivity contribution in [2.45, 2.75) is 13.8 Å². The molecule has 6 nitrogen and oxygen atoms in total. The van der Waals surface area contributed by atoms with Gasteiger partial charge >= 0.3 is 0 Å². The second kappa shape index (κ2) is 4.64. The number of primary amides is 1. The molecule has 0 bridgehead atoms. The first-order chi connectivity index (χ1) is 8.90. The molecule has 6 heteroatoms. The highest BCUT2D eigenvalue weighted by molar-refractivity contribution is 5.96. The van der Waals surface area contributed by atoms with Gasteiger partial charge in [0.2, 0.25) is 0 Å². The number of nitrogen functional groups attached to an aromatic ring is 1. The molecule has 0 saturated carbocycles. The fraction of sp³-hybridized carbons (Fsp3) is 0.231. The van der Waals surface area contributed by atoms with Crippen LogP contribution in [0.15, 0.2) is 18.2 Å². The average molecular weight is 260 g/mol. The van der Waals surface area contributed by atoms with Gasteiger partial charge in [-0.2, -0.15) is 5.10 Å². The van der Waals surface area contributed by atoms with Gasteiger partial charge in [-0.1, -0.05) is 0 Å². The van der Waals surface area contributed by atoms with Crippen LogP contribution in [0.25, 0.3) is 0 Å². The number of hydrogen-bond donors (Lipinski definition) is 2. The van der Waals surface area contributed by atoms with Gasteiger partial charge in [0.1, 0.15) is 11.4 Å². The van der Waals surface area contributed by atoms with Crippen molar-refractivity contribution in [3.8, 4) is 11.5 Å². The van der Waals surface area contributed by atoms with Crippen LogP contribution in [0.3, 0.4) is 0 Å². The Labute approximate surface area is 111 Å². The fourth-order valence-electron chi connectivity index (χ4n) is 1.84. The highest BCUT2D eigenvalue weighted by Crippen LogP contribution is 2.31. The number of hydrogen-bond acceptors (Lipinski definition) is 4. The predicted molar refractivity (Wildman–Crippen MR) is 72.1 cm³/mol. The molecule has 0 aliphatic carbocycles. The Kier molecular flexibility index (Phi) is 3.16. The molecule has 2 aromatic rings. The van der Waals surface area contributed by atoms with Crippen molar-refractivity contribution in [1.82, 2.24) is 9.78 Å². The Morgan fingerprint density at radius 1 is 1.37 bits per heavy atom. The van der Waals surface area contributed by atoms with E-state index in [2.05, 4.69) is 5.10 Å². The third kappa shape index (κ3) is 2.37. The molecular weight excluding hydrogens is 244 g/mol. The Hall–Kier alpha value is -2.50. The Morgan fingerprint density at radius 2 is 2.05 bits per heavy atom. The predicted octanol–water partition coefficient (Wildman–Crippen LogP) is 1.51. The van der Waals surface area contributed by atoms with E-state index in [9.17, 15) is 4.79 Å². The third-order valence-electron chi connectivity index (χ3n) is 2.93. The Bertz CT molecular complexity index is 646. The van der Waals surface area contributed by atoms with Gasteiger partial charge in [-0.15, -0.1) is 0 Å². The summed E-state index contributed by atoms with van der Waals surface area (Å²) >= 11 is 0. The van der Waals surface area contributed by atoms with Crippen LogP contribution in [0.1, 0.15) is 21.7 Å². The van der Waals surface area contributed by atoms with Crippen molar-refractivity contribution in [1.29, 1.82) is 0 Å². The van der Waals surface area contributed by atoms with E-state index >= 15 is 0 Å². The second-order valence-corrected chi connectivity index (χ2v) is 4.35. The largest absolute Gasteiger partial charge is 0.453 e. The van der Waals surface area contributed by atoms with Gasteiger partial charge in [-0.25, -0.2) is 0 Å². The average Bonchev–Trinajstić information content (AvgIpc) is 2.56. The van der Waals surface area contributed by atoms with Crippen molar-refractivity contribution in [2.24, 2.45) is 12.8 Å². The summed E-state index contributed by atoms with van der Waals surface area (Å²) in [6, 6.07) is 4.73. The zero-order valence-corrected chi connectivity index (χ0v) is 11.1. The molecule has 0 radical (unpaired) electrons. The molecule has 0 fully saturated rings. The van der Waals surface area contributed by atoms with Gasteiger partial charge in [0.05, 0.1) is 11.3 Å². The van der Waals surface area contributed by atoms with Crippen molar-refractivity contribution in [3.63, 3.8) is 0 Å². The molecule has 19 heavy (non-hydrogen) atoms. The van der Waals surface area contributed by atoms with Gasteiger partial charge in [-0.3, -0.25) is 9.48 Å². The lowest BCUT2D eigenvalue weighted by Gasteiger charge is -2.10. The first-order valence-corrected chi connectivity index (χ1v) is 5.77. The van der Waals surface area contributed by atoms with Crippen LogP contribution in [-0.4, -0.2) is 15.7 Å². The van der Waals surface area contributed by atoms with Crippen molar-refractivity contribution in [2.75, 3.05) is 5.73 Å². The number of benzene rings is 1. The summed E-state index contributed by atoms with van der Waals surface area (Å²) in [6.07, 6.45) is 0. The maximum absolute atomic E-state index is 11.4. The summed E-state index contributed by atoms with van der Waals surface area (Å²) in [5.74, 6) is 0.386. The molecule has 0 aliphatic rings. The first kappa shape index (κ1) is 12.9. The lowest BCUT2D eigenvalue weighted by molar-refractivity contribution is 0.0998. The maximum atomic E-state index is 11.4. The number of rotatable bonds is 3. The van der Waals surface area contributed by atoms with E-state index in [4.69, 9.17) is 16.2 Å². The van der Waals surface area contributed by atoms with Crippen molar-refractivity contribution < 1.29 is 9.53 Å². The lowest BCUT2D eigenvalue weighted by atomic mass is 10.1. The van der Waals surface area contributed by atoms with Crippen LogP contribution in [0, 0.1) is 13.8 Å². The number of aryl methyl sites for hydroxylation is 2. The minimum Gasteiger partial charge on any atom is -0.453 e. The highest BCUT2D eigenvalue weighted by Gasteiger charge is 2.16. The minimum absolute atomic E-state index is 0.289. The van der Waals surface area contributed by atoms with Gasteiger partial charge < -0.3 is 16.2 Å². The summed E-state index contributed by atoms with van der Waals surface area (Å²) in [5, 5.41) is 4.25. The quantitative estimate of drug-likeness (QED) is 0.817. The van der Waals surface area contributed by atoms with Gasteiger partial charge in [0.25, 0.3) is 5.91 Å². The fourth-order valence-corrected chi connectivity index (χ4v) is 1.84. The Balaban J connectivity index is 2.48. The molecular formula is C13H16N4O2. The number of aromatic nitrogens is 2. The van der Waals surface area contributed by atoms with Gasteiger partial charge in [-0.05, 0) is 26.0 Å². The number of amides is 1. The molecule has 1 aromatic carbocycles. The molecule has 4 N–H and O–H groups in total. The van der Waals surface area contributed by atoms with Crippen LogP contribution in [-0.2, 0) is 7.05 Å². The molecule has 2 rings (SSSR count). The van der Waals surface area contributed by atoms with Crippen molar-refractivity contribution in [3.05, 3.63) is 35.2 Å². The molecule has 0 saturated heterocycles. The van der Waals surface area contributed by atoms with E-state index < -0.39 is 5.91 Å². The number of carbonyl (C=O) groups is 1.